The van der Waals surface area contributed by atoms with Crippen LogP contribution in [0.15, 0.2) is 42.5 Å². The van der Waals surface area contributed by atoms with Gasteiger partial charge in [-0.05, 0) is 49.9 Å². The molecule has 5 nitrogen and oxygen atoms in total. The van der Waals surface area contributed by atoms with Gasteiger partial charge in [0.1, 0.15) is 6.54 Å². The van der Waals surface area contributed by atoms with Gasteiger partial charge in [-0.2, -0.15) is 0 Å². The summed E-state index contributed by atoms with van der Waals surface area (Å²) in [5.41, 5.74) is 4.72. The van der Waals surface area contributed by atoms with Crippen LogP contribution in [0, 0.1) is 13.8 Å². The maximum Gasteiger partial charge on any atom is 0.241 e. The van der Waals surface area contributed by atoms with E-state index >= 15 is 0 Å². The molecule has 1 N–H and O–H groups in total. The molecule has 27 heavy (non-hydrogen) atoms. The van der Waals surface area contributed by atoms with Crippen molar-refractivity contribution in [3.8, 4) is 0 Å². The molecule has 0 bridgehead atoms. The van der Waals surface area contributed by atoms with Crippen LogP contribution in [-0.2, 0) is 21.2 Å². The van der Waals surface area contributed by atoms with Gasteiger partial charge in [-0.15, -0.1) is 0 Å². The first kappa shape index (κ1) is 21.0. The molecule has 0 aliphatic carbocycles. The molecule has 1 atom stereocenters. The van der Waals surface area contributed by atoms with Crippen molar-refractivity contribution < 1.29 is 13.2 Å². The van der Waals surface area contributed by atoms with E-state index in [0.29, 0.717) is 12.1 Å². The predicted molar refractivity (Wildman–Crippen MR) is 110 cm³/mol. The average molecular weight is 389 g/mol. The van der Waals surface area contributed by atoms with Crippen molar-refractivity contribution in [1.82, 2.24) is 5.32 Å². The minimum atomic E-state index is -3.59. The van der Waals surface area contributed by atoms with E-state index in [1.807, 2.05) is 52.0 Å². The number of carbonyl (C=O) groups excluding carboxylic acids is 1. The van der Waals surface area contributed by atoms with Gasteiger partial charge in [0.15, 0.2) is 0 Å². The first-order chi connectivity index (χ1) is 12.6. The van der Waals surface area contributed by atoms with Gasteiger partial charge in [0.2, 0.25) is 15.9 Å². The molecular formula is C21H28N2O3S. The molecule has 0 unspecified atom stereocenters. The summed E-state index contributed by atoms with van der Waals surface area (Å²) in [6, 6.07) is 13.1. The third kappa shape index (κ3) is 5.32. The van der Waals surface area contributed by atoms with Crippen LogP contribution >= 0.6 is 0 Å². The zero-order chi connectivity index (χ0) is 20.2. The third-order valence-corrected chi connectivity index (χ3v) is 5.72. The molecule has 1 amide bonds. The van der Waals surface area contributed by atoms with E-state index in [2.05, 4.69) is 11.4 Å². The van der Waals surface area contributed by atoms with Crippen molar-refractivity contribution in [2.45, 2.75) is 40.2 Å². The summed E-state index contributed by atoms with van der Waals surface area (Å²) in [4.78, 5) is 12.6. The topological polar surface area (TPSA) is 66.5 Å². The zero-order valence-electron chi connectivity index (χ0n) is 16.6. The monoisotopic (exact) mass is 388 g/mol. The van der Waals surface area contributed by atoms with Crippen LogP contribution in [0.25, 0.3) is 0 Å². The molecule has 0 saturated carbocycles. The normalized spacial score (nSPS) is 12.5. The Bertz CT molecular complexity index is 923. The maximum atomic E-state index is 12.6. The lowest BCUT2D eigenvalue weighted by Gasteiger charge is -2.25. The summed E-state index contributed by atoms with van der Waals surface area (Å²) in [5.74, 6) is -0.334. The molecule has 0 aliphatic rings. The number of aryl methyl sites for hydroxylation is 3. The summed E-state index contributed by atoms with van der Waals surface area (Å²) < 4.78 is 25.8. The van der Waals surface area contributed by atoms with Gasteiger partial charge in [0.25, 0.3) is 0 Å². The number of carbonyl (C=O) groups is 1. The zero-order valence-corrected chi connectivity index (χ0v) is 17.4. The van der Waals surface area contributed by atoms with Gasteiger partial charge < -0.3 is 5.32 Å². The number of hydrogen-bond acceptors (Lipinski definition) is 3. The number of anilines is 1. The third-order valence-electron chi connectivity index (χ3n) is 4.60. The van der Waals surface area contributed by atoms with Gasteiger partial charge >= 0.3 is 0 Å². The highest BCUT2D eigenvalue weighted by Gasteiger charge is 2.23. The molecule has 6 heteroatoms. The van der Waals surface area contributed by atoms with Crippen LogP contribution in [0.2, 0.25) is 0 Å². The van der Waals surface area contributed by atoms with Crippen LogP contribution in [0.3, 0.4) is 0 Å². The number of para-hydroxylation sites is 1. The number of nitrogens with zero attached hydrogens (tertiary/aromatic N) is 1. The number of benzene rings is 2. The smallest absolute Gasteiger partial charge is 0.241 e. The molecule has 0 heterocycles. The van der Waals surface area contributed by atoms with Gasteiger partial charge in [0, 0.05) is 0 Å². The van der Waals surface area contributed by atoms with E-state index < -0.39 is 10.0 Å². The minimum Gasteiger partial charge on any atom is -0.348 e. The lowest BCUT2D eigenvalue weighted by atomic mass is 10.0. The lowest BCUT2D eigenvalue weighted by molar-refractivity contribution is -0.120. The van der Waals surface area contributed by atoms with Crippen molar-refractivity contribution in [2.75, 3.05) is 17.1 Å². The van der Waals surface area contributed by atoms with Crippen molar-refractivity contribution in [1.29, 1.82) is 0 Å². The van der Waals surface area contributed by atoms with Crippen LogP contribution in [0.4, 0.5) is 5.69 Å². The Hall–Kier alpha value is -2.34. The maximum absolute atomic E-state index is 12.6. The van der Waals surface area contributed by atoms with Crippen molar-refractivity contribution in [3.63, 3.8) is 0 Å². The molecule has 2 aromatic rings. The molecular weight excluding hydrogens is 360 g/mol. The Labute approximate surface area is 162 Å². The van der Waals surface area contributed by atoms with E-state index in [1.54, 1.807) is 12.1 Å². The highest BCUT2D eigenvalue weighted by atomic mass is 32.2. The van der Waals surface area contributed by atoms with Crippen LogP contribution < -0.4 is 9.62 Å². The van der Waals surface area contributed by atoms with Crippen molar-refractivity contribution in [2.24, 2.45) is 0 Å². The van der Waals surface area contributed by atoms with E-state index in [1.165, 1.54) is 4.31 Å². The largest absolute Gasteiger partial charge is 0.348 e. The standard InChI is InChI=1S/C21H28N2O3S/c1-6-18-9-7-8-10-20(18)23(27(5,25)26)14-21(24)22-17(4)19-12-11-15(2)13-16(19)3/h7-13,17H,6,14H2,1-5H3,(H,22,24)/t17-/m0/s1. The van der Waals surface area contributed by atoms with Gasteiger partial charge in [-0.25, -0.2) is 8.42 Å². The summed E-state index contributed by atoms with van der Waals surface area (Å²) in [5, 5.41) is 2.92. The van der Waals surface area contributed by atoms with Gasteiger partial charge in [0.05, 0.1) is 18.0 Å². The van der Waals surface area contributed by atoms with Crippen molar-refractivity contribution in [3.05, 3.63) is 64.7 Å². The first-order valence-corrected chi connectivity index (χ1v) is 10.9. The van der Waals surface area contributed by atoms with Crippen LogP contribution in [0.1, 0.15) is 42.1 Å². The Morgan fingerprint density at radius 2 is 1.81 bits per heavy atom. The summed E-state index contributed by atoms with van der Waals surface area (Å²) >= 11 is 0. The van der Waals surface area contributed by atoms with Crippen molar-refractivity contribution >= 4 is 21.6 Å². The molecule has 146 valence electrons. The van der Waals surface area contributed by atoms with E-state index in [9.17, 15) is 13.2 Å². The molecule has 0 aromatic heterocycles. The number of nitrogens with one attached hydrogen (secondary N) is 1. The second kappa shape index (κ2) is 8.57. The fourth-order valence-corrected chi connectivity index (χ4v) is 4.13. The molecule has 0 fully saturated rings. The minimum absolute atomic E-state index is 0.207. The second-order valence-electron chi connectivity index (χ2n) is 6.90. The SMILES string of the molecule is CCc1ccccc1N(CC(=O)N[C@@H](C)c1ccc(C)cc1C)S(C)(=O)=O. The Kier molecular flexibility index (Phi) is 6.65. The van der Waals surface area contributed by atoms with Crippen LogP contribution in [0.5, 0.6) is 0 Å². The van der Waals surface area contributed by atoms with E-state index in [4.69, 9.17) is 0 Å². The number of sulfonamides is 1. The molecule has 2 rings (SSSR count). The summed E-state index contributed by atoms with van der Waals surface area (Å²) in [6.45, 7) is 7.65. The van der Waals surface area contributed by atoms with Crippen LogP contribution in [-0.4, -0.2) is 27.1 Å². The van der Waals surface area contributed by atoms with Gasteiger partial charge in [-0.3, -0.25) is 9.10 Å². The fraction of sp³-hybridized carbons (Fsp3) is 0.381. The fourth-order valence-electron chi connectivity index (χ4n) is 3.24. The van der Waals surface area contributed by atoms with Gasteiger partial charge in [-0.1, -0.05) is 48.9 Å². The molecule has 0 radical (unpaired) electrons. The average Bonchev–Trinajstić information content (AvgIpc) is 2.58. The summed E-state index contributed by atoms with van der Waals surface area (Å²) in [6.07, 6.45) is 1.81. The lowest BCUT2D eigenvalue weighted by Crippen LogP contribution is -2.41. The van der Waals surface area contributed by atoms with E-state index in [0.717, 1.165) is 28.5 Å². The van der Waals surface area contributed by atoms with E-state index in [-0.39, 0.29) is 18.5 Å². The highest BCUT2D eigenvalue weighted by molar-refractivity contribution is 7.92. The number of amides is 1. The summed E-state index contributed by atoms with van der Waals surface area (Å²) in [7, 11) is -3.59. The molecule has 0 aliphatic heterocycles. The Balaban J connectivity index is 2.22. The second-order valence-corrected chi connectivity index (χ2v) is 8.81. The molecule has 0 saturated heterocycles. The Morgan fingerprint density at radius 1 is 1.15 bits per heavy atom. The predicted octanol–water partition coefficient (Wildman–Crippen LogP) is 3.51. The Morgan fingerprint density at radius 3 is 2.41 bits per heavy atom. The molecule has 2 aromatic carbocycles. The molecule has 0 spiro atoms. The number of hydrogen-bond donors (Lipinski definition) is 1. The highest BCUT2D eigenvalue weighted by Crippen LogP contribution is 2.24. The first-order valence-electron chi connectivity index (χ1n) is 9.05. The quantitative estimate of drug-likeness (QED) is 0.789. The number of rotatable bonds is 7.